The third kappa shape index (κ3) is 4.24. The van der Waals surface area contributed by atoms with Crippen molar-refractivity contribution in [2.24, 2.45) is 0 Å². The van der Waals surface area contributed by atoms with Gasteiger partial charge in [-0.05, 0) is 55.7 Å². The van der Waals surface area contributed by atoms with Crippen molar-refractivity contribution in [1.29, 1.82) is 0 Å². The Hall–Kier alpha value is -1.92. The smallest absolute Gasteiger partial charge is 0.290 e. The van der Waals surface area contributed by atoms with Crippen LogP contribution in [-0.2, 0) is 4.79 Å². The quantitative estimate of drug-likeness (QED) is 0.783. The maximum absolute atomic E-state index is 12.8. The largest absolute Gasteiger partial charge is 0.444 e. The Labute approximate surface area is 162 Å². The van der Waals surface area contributed by atoms with Crippen LogP contribution in [0.4, 0.5) is 0 Å². The molecular formula is C19H21ClN2O3S. The van der Waals surface area contributed by atoms with Gasteiger partial charge in [0, 0.05) is 30.6 Å². The molecule has 138 valence electrons. The van der Waals surface area contributed by atoms with Crippen LogP contribution >= 0.6 is 23.4 Å². The van der Waals surface area contributed by atoms with Crippen molar-refractivity contribution in [3.05, 3.63) is 47.2 Å². The number of benzene rings is 1. The summed E-state index contributed by atoms with van der Waals surface area (Å²) in [4.78, 5) is 29.4. The molecule has 2 amide bonds. The average Bonchev–Trinajstić information content (AvgIpc) is 3.03. The molecule has 0 saturated carbocycles. The zero-order chi connectivity index (χ0) is 18.7. The monoisotopic (exact) mass is 392 g/mol. The van der Waals surface area contributed by atoms with Crippen LogP contribution in [0.1, 0.15) is 29.8 Å². The summed E-state index contributed by atoms with van der Waals surface area (Å²) in [6, 6.07) is 10.4. The van der Waals surface area contributed by atoms with Gasteiger partial charge < -0.3 is 14.2 Å². The molecule has 0 aliphatic carbocycles. The van der Waals surface area contributed by atoms with Crippen molar-refractivity contribution in [3.63, 3.8) is 0 Å². The van der Waals surface area contributed by atoms with Gasteiger partial charge in [0.2, 0.25) is 5.91 Å². The SMILES string of the molecule is CN1CCCCC(N(C)C(=O)c2ccc(Sc3ccc(Cl)cc3)o2)C1=O. The summed E-state index contributed by atoms with van der Waals surface area (Å²) in [7, 11) is 3.45. The molecule has 1 aliphatic heterocycles. The van der Waals surface area contributed by atoms with E-state index in [0.717, 1.165) is 24.3 Å². The van der Waals surface area contributed by atoms with Crippen LogP contribution in [0.2, 0.25) is 5.02 Å². The van der Waals surface area contributed by atoms with Crippen LogP contribution < -0.4 is 0 Å². The Kier molecular flexibility index (Phi) is 5.94. The zero-order valence-corrected chi connectivity index (χ0v) is 16.3. The molecule has 1 aliphatic rings. The second kappa shape index (κ2) is 8.18. The standard InChI is InChI=1S/C19H21ClN2O3S/c1-21-12-4-3-5-15(18(21)23)22(2)19(24)16-10-11-17(25-16)26-14-8-6-13(20)7-9-14/h6-11,15H,3-5,12H2,1-2H3. The molecule has 1 fully saturated rings. The van der Waals surface area contributed by atoms with E-state index in [9.17, 15) is 9.59 Å². The number of carbonyl (C=O) groups excluding carboxylic acids is 2. The molecule has 0 spiro atoms. The lowest BCUT2D eigenvalue weighted by atomic mass is 10.1. The fourth-order valence-electron chi connectivity index (χ4n) is 2.96. The normalized spacial score (nSPS) is 17.9. The van der Waals surface area contributed by atoms with Crippen molar-refractivity contribution in [3.8, 4) is 0 Å². The Morgan fingerprint density at radius 1 is 1.23 bits per heavy atom. The lowest BCUT2D eigenvalue weighted by Gasteiger charge is -2.27. The van der Waals surface area contributed by atoms with Crippen molar-refractivity contribution >= 4 is 35.2 Å². The lowest BCUT2D eigenvalue weighted by molar-refractivity contribution is -0.133. The maximum Gasteiger partial charge on any atom is 0.290 e. The van der Waals surface area contributed by atoms with Crippen LogP contribution in [0.25, 0.3) is 0 Å². The van der Waals surface area contributed by atoms with Gasteiger partial charge in [0.15, 0.2) is 10.9 Å². The summed E-state index contributed by atoms with van der Waals surface area (Å²) in [5, 5.41) is 1.29. The number of carbonyl (C=O) groups is 2. The van der Waals surface area contributed by atoms with Gasteiger partial charge in [-0.2, -0.15) is 0 Å². The number of furan rings is 1. The van der Waals surface area contributed by atoms with E-state index in [2.05, 4.69) is 0 Å². The fraction of sp³-hybridized carbons (Fsp3) is 0.368. The van der Waals surface area contributed by atoms with Gasteiger partial charge in [0.25, 0.3) is 5.91 Å². The minimum atomic E-state index is -0.438. The van der Waals surface area contributed by atoms with Gasteiger partial charge in [0.05, 0.1) is 0 Å². The molecule has 2 aromatic rings. The van der Waals surface area contributed by atoms with Crippen LogP contribution in [0.15, 0.2) is 50.8 Å². The fourth-order valence-corrected chi connectivity index (χ4v) is 3.86. The number of rotatable bonds is 4. The van der Waals surface area contributed by atoms with Gasteiger partial charge in [-0.25, -0.2) is 0 Å². The summed E-state index contributed by atoms with van der Waals surface area (Å²) >= 11 is 7.30. The third-order valence-electron chi connectivity index (χ3n) is 4.49. The highest BCUT2D eigenvalue weighted by molar-refractivity contribution is 7.99. The van der Waals surface area contributed by atoms with Crippen molar-refractivity contribution in [2.75, 3.05) is 20.6 Å². The van der Waals surface area contributed by atoms with Crippen molar-refractivity contribution in [1.82, 2.24) is 9.80 Å². The summed E-state index contributed by atoms with van der Waals surface area (Å²) in [5.41, 5.74) is 0. The van der Waals surface area contributed by atoms with E-state index in [1.165, 1.54) is 16.7 Å². The Balaban J connectivity index is 1.70. The molecule has 3 rings (SSSR count). The van der Waals surface area contributed by atoms with Crippen LogP contribution in [0, 0.1) is 0 Å². The second-order valence-electron chi connectivity index (χ2n) is 6.36. The first kappa shape index (κ1) is 18.9. The van der Waals surface area contributed by atoms with E-state index in [-0.39, 0.29) is 17.6 Å². The molecule has 1 atom stereocenters. The molecule has 1 aromatic carbocycles. The summed E-state index contributed by atoms with van der Waals surface area (Å²) in [6.45, 7) is 0.736. The van der Waals surface area contributed by atoms with E-state index in [4.69, 9.17) is 16.0 Å². The number of likely N-dealkylation sites (N-methyl/N-ethyl adjacent to an activating group) is 2. The van der Waals surface area contributed by atoms with E-state index < -0.39 is 6.04 Å². The van der Waals surface area contributed by atoms with Gasteiger partial charge >= 0.3 is 0 Å². The topological polar surface area (TPSA) is 53.8 Å². The first-order chi connectivity index (χ1) is 12.5. The van der Waals surface area contributed by atoms with Crippen LogP contribution in [-0.4, -0.2) is 48.3 Å². The number of halogens is 1. The van der Waals surface area contributed by atoms with Gasteiger partial charge in [0.1, 0.15) is 6.04 Å². The van der Waals surface area contributed by atoms with Crippen molar-refractivity contribution in [2.45, 2.75) is 35.3 Å². The highest BCUT2D eigenvalue weighted by atomic mass is 35.5. The number of hydrogen-bond acceptors (Lipinski definition) is 4. The number of hydrogen-bond donors (Lipinski definition) is 0. The van der Waals surface area contributed by atoms with Gasteiger partial charge in [-0.1, -0.05) is 23.4 Å². The van der Waals surface area contributed by atoms with Crippen molar-refractivity contribution < 1.29 is 14.0 Å². The first-order valence-corrected chi connectivity index (χ1v) is 9.70. The van der Waals surface area contributed by atoms with E-state index in [0.29, 0.717) is 16.5 Å². The summed E-state index contributed by atoms with van der Waals surface area (Å²) < 4.78 is 5.70. The molecule has 5 nitrogen and oxygen atoms in total. The molecule has 1 unspecified atom stereocenters. The molecule has 1 aromatic heterocycles. The zero-order valence-electron chi connectivity index (χ0n) is 14.8. The van der Waals surface area contributed by atoms with E-state index in [1.54, 1.807) is 43.3 Å². The molecular weight excluding hydrogens is 372 g/mol. The second-order valence-corrected chi connectivity index (χ2v) is 7.88. The third-order valence-corrected chi connectivity index (χ3v) is 5.67. The Bertz CT molecular complexity index is 790. The molecule has 2 heterocycles. The molecule has 0 N–H and O–H groups in total. The molecule has 0 radical (unpaired) electrons. The maximum atomic E-state index is 12.8. The van der Waals surface area contributed by atoms with Gasteiger partial charge in [-0.15, -0.1) is 0 Å². The number of amides is 2. The summed E-state index contributed by atoms with van der Waals surface area (Å²) in [6.07, 6.45) is 2.57. The first-order valence-electron chi connectivity index (χ1n) is 8.51. The predicted octanol–water partition coefficient (Wildman–Crippen LogP) is 4.17. The molecule has 7 heteroatoms. The molecule has 26 heavy (non-hydrogen) atoms. The lowest BCUT2D eigenvalue weighted by Crippen LogP contribution is -2.47. The Morgan fingerprint density at radius 2 is 1.96 bits per heavy atom. The molecule has 0 bridgehead atoms. The van der Waals surface area contributed by atoms with E-state index >= 15 is 0 Å². The predicted molar refractivity (Wildman–Crippen MR) is 102 cm³/mol. The minimum Gasteiger partial charge on any atom is -0.444 e. The highest BCUT2D eigenvalue weighted by Gasteiger charge is 2.32. The highest BCUT2D eigenvalue weighted by Crippen LogP contribution is 2.30. The number of nitrogens with zero attached hydrogens (tertiary/aromatic N) is 2. The van der Waals surface area contributed by atoms with Crippen LogP contribution in [0.5, 0.6) is 0 Å². The molecule has 1 saturated heterocycles. The van der Waals surface area contributed by atoms with E-state index in [1.807, 2.05) is 12.1 Å². The minimum absolute atomic E-state index is 0.0133. The van der Waals surface area contributed by atoms with Crippen LogP contribution in [0.3, 0.4) is 0 Å². The van der Waals surface area contributed by atoms with Gasteiger partial charge in [-0.3, -0.25) is 9.59 Å². The Morgan fingerprint density at radius 3 is 2.69 bits per heavy atom. The number of likely N-dealkylation sites (tertiary alicyclic amines) is 1. The average molecular weight is 393 g/mol. The summed E-state index contributed by atoms with van der Waals surface area (Å²) in [5.74, 6) is -0.0501.